The second-order valence-electron chi connectivity index (χ2n) is 6.27. The minimum absolute atomic E-state index is 0.0813. The van der Waals surface area contributed by atoms with Crippen molar-refractivity contribution in [2.24, 2.45) is 11.7 Å². The molecule has 106 valence electrons. The molecule has 0 radical (unpaired) electrons. The van der Waals surface area contributed by atoms with Crippen molar-refractivity contribution >= 4 is 9.84 Å². The van der Waals surface area contributed by atoms with Crippen molar-refractivity contribution in [2.75, 3.05) is 24.6 Å². The lowest BCUT2D eigenvalue weighted by molar-refractivity contribution is 0.0474. The highest BCUT2D eigenvalue weighted by molar-refractivity contribution is 7.91. The van der Waals surface area contributed by atoms with Crippen LogP contribution >= 0.6 is 0 Å². The van der Waals surface area contributed by atoms with Gasteiger partial charge in [-0.2, -0.15) is 0 Å². The first-order chi connectivity index (χ1) is 8.38. The van der Waals surface area contributed by atoms with E-state index in [9.17, 15) is 8.42 Å². The lowest BCUT2D eigenvalue weighted by Gasteiger charge is -2.48. The fourth-order valence-electron chi connectivity index (χ4n) is 3.06. The Kier molecular flexibility index (Phi) is 4.04. The van der Waals surface area contributed by atoms with Crippen LogP contribution in [0.4, 0.5) is 0 Å². The van der Waals surface area contributed by atoms with Crippen LogP contribution in [0.2, 0.25) is 0 Å². The Morgan fingerprint density at radius 3 is 2.22 bits per heavy atom. The maximum Gasteiger partial charge on any atom is 0.150 e. The lowest BCUT2D eigenvalue weighted by atomic mass is 9.88. The molecule has 0 bridgehead atoms. The molecule has 1 aliphatic heterocycles. The van der Waals surface area contributed by atoms with Crippen LogP contribution in [0.15, 0.2) is 0 Å². The summed E-state index contributed by atoms with van der Waals surface area (Å²) in [5.74, 6) is 1.42. The molecule has 0 aromatic carbocycles. The minimum Gasteiger partial charge on any atom is -0.329 e. The van der Waals surface area contributed by atoms with Crippen molar-refractivity contribution in [3.05, 3.63) is 0 Å². The van der Waals surface area contributed by atoms with Crippen molar-refractivity contribution in [1.82, 2.24) is 4.90 Å². The summed E-state index contributed by atoms with van der Waals surface area (Å²) in [4.78, 5) is 2.49. The molecule has 2 N–H and O–H groups in total. The lowest BCUT2D eigenvalue weighted by Crippen LogP contribution is -2.60. The van der Waals surface area contributed by atoms with E-state index in [1.165, 1.54) is 12.8 Å². The molecule has 0 spiro atoms. The van der Waals surface area contributed by atoms with Crippen LogP contribution in [0.25, 0.3) is 0 Å². The Labute approximate surface area is 111 Å². The summed E-state index contributed by atoms with van der Waals surface area (Å²) in [6.07, 6.45) is 4.05. The number of nitrogens with zero attached hydrogens (tertiary/aromatic N) is 1. The maximum atomic E-state index is 11.6. The van der Waals surface area contributed by atoms with Gasteiger partial charge in [0.05, 0.1) is 11.5 Å². The second-order valence-corrected chi connectivity index (χ2v) is 8.57. The van der Waals surface area contributed by atoms with Crippen molar-refractivity contribution in [3.63, 3.8) is 0 Å². The predicted octanol–water partition coefficient (Wildman–Crippen LogP) is 1.01. The molecule has 1 saturated carbocycles. The molecule has 0 aromatic heterocycles. The summed E-state index contributed by atoms with van der Waals surface area (Å²) >= 11 is 0. The Balaban J connectivity index is 2.13. The first-order valence-electron chi connectivity index (χ1n) is 7.06. The zero-order valence-corrected chi connectivity index (χ0v) is 12.4. The summed E-state index contributed by atoms with van der Waals surface area (Å²) in [6.45, 7) is 6.06. The van der Waals surface area contributed by atoms with Gasteiger partial charge in [-0.1, -0.05) is 0 Å². The standard InChI is InChI=1S/C13H26N2O2S/c1-11(2)15(9-12-3-4-12)13(10-14)5-7-18(16,17)8-6-13/h11-12H,3-10,14H2,1-2H3. The second kappa shape index (κ2) is 5.10. The number of rotatable bonds is 5. The topological polar surface area (TPSA) is 63.4 Å². The van der Waals surface area contributed by atoms with Crippen LogP contribution in [0.1, 0.15) is 39.5 Å². The van der Waals surface area contributed by atoms with Crippen LogP contribution in [-0.2, 0) is 9.84 Å². The highest BCUT2D eigenvalue weighted by Gasteiger charge is 2.43. The molecule has 5 heteroatoms. The van der Waals surface area contributed by atoms with E-state index in [-0.39, 0.29) is 5.54 Å². The van der Waals surface area contributed by atoms with Gasteiger partial charge < -0.3 is 5.73 Å². The van der Waals surface area contributed by atoms with E-state index in [2.05, 4.69) is 18.7 Å². The third-order valence-electron chi connectivity index (χ3n) is 4.52. The summed E-state index contributed by atoms with van der Waals surface area (Å²) < 4.78 is 23.2. The number of sulfone groups is 1. The Morgan fingerprint density at radius 2 is 1.83 bits per heavy atom. The minimum atomic E-state index is -2.82. The molecule has 0 atom stereocenters. The summed E-state index contributed by atoms with van der Waals surface area (Å²) in [7, 11) is -2.82. The van der Waals surface area contributed by atoms with Gasteiger partial charge in [-0.05, 0) is 45.4 Å². The van der Waals surface area contributed by atoms with Gasteiger partial charge in [0, 0.05) is 24.7 Å². The fourth-order valence-corrected chi connectivity index (χ4v) is 4.64. The average Bonchev–Trinajstić information content (AvgIpc) is 3.11. The molecular weight excluding hydrogens is 248 g/mol. The molecule has 4 nitrogen and oxygen atoms in total. The molecule has 0 aromatic rings. The van der Waals surface area contributed by atoms with Gasteiger partial charge in [0.25, 0.3) is 0 Å². The molecule has 1 heterocycles. The molecule has 1 aliphatic carbocycles. The SMILES string of the molecule is CC(C)N(CC1CC1)C1(CN)CCS(=O)(=O)CC1. The first kappa shape index (κ1) is 14.3. The largest absolute Gasteiger partial charge is 0.329 e. The number of hydrogen-bond donors (Lipinski definition) is 1. The molecule has 2 fully saturated rings. The van der Waals surface area contributed by atoms with Gasteiger partial charge in [0.2, 0.25) is 0 Å². The van der Waals surface area contributed by atoms with E-state index >= 15 is 0 Å². The van der Waals surface area contributed by atoms with Crippen LogP contribution in [0.5, 0.6) is 0 Å². The van der Waals surface area contributed by atoms with Crippen LogP contribution in [-0.4, -0.2) is 49.5 Å². The predicted molar refractivity (Wildman–Crippen MR) is 74.2 cm³/mol. The van der Waals surface area contributed by atoms with Crippen molar-refractivity contribution in [3.8, 4) is 0 Å². The maximum absolute atomic E-state index is 11.6. The third kappa shape index (κ3) is 3.06. The van der Waals surface area contributed by atoms with E-state index in [1.54, 1.807) is 0 Å². The number of hydrogen-bond acceptors (Lipinski definition) is 4. The van der Waals surface area contributed by atoms with Gasteiger partial charge in [-0.15, -0.1) is 0 Å². The summed E-state index contributed by atoms with van der Waals surface area (Å²) in [5.41, 5.74) is 5.94. The van der Waals surface area contributed by atoms with Gasteiger partial charge in [-0.3, -0.25) is 4.90 Å². The monoisotopic (exact) mass is 274 g/mol. The quantitative estimate of drug-likeness (QED) is 0.813. The van der Waals surface area contributed by atoms with E-state index in [0.29, 0.717) is 36.9 Å². The Bertz CT molecular complexity index is 374. The van der Waals surface area contributed by atoms with Gasteiger partial charge in [0.1, 0.15) is 9.84 Å². The van der Waals surface area contributed by atoms with Gasteiger partial charge in [0.15, 0.2) is 0 Å². The molecule has 0 unspecified atom stereocenters. The first-order valence-corrected chi connectivity index (χ1v) is 8.88. The van der Waals surface area contributed by atoms with Crippen molar-refractivity contribution in [2.45, 2.75) is 51.1 Å². The van der Waals surface area contributed by atoms with Crippen molar-refractivity contribution in [1.29, 1.82) is 0 Å². The number of nitrogens with two attached hydrogens (primary N) is 1. The van der Waals surface area contributed by atoms with E-state index < -0.39 is 9.84 Å². The zero-order valence-electron chi connectivity index (χ0n) is 11.6. The molecule has 0 amide bonds. The van der Waals surface area contributed by atoms with Crippen LogP contribution in [0.3, 0.4) is 0 Å². The highest BCUT2D eigenvalue weighted by Crippen LogP contribution is 2.37. The normalized spacial score (nSPS) is 26.7. The third-order valence-corrected chi connectivity index (χ3v) is 6.17. The molecule has 1 saturated heterocycles. The molecule has 18 heavy (non-hydrogen) atoms. The summed E-state index contributed by atoms with van der Waals surface area (Å²) in [6, 6.07) is 0.440. The molecule has 2 rings (SSSR count). The van der Waals surface area contributed by atoms with Crippen LogP contribution < -0.4 is 5.73 Å². The van der Waals surface area contributed by atoms with E-state index in [0.717, 1.165) is 12.5 Å². The van der Waals surface area contributed by atoms with Gasteiger partial charge >= 0.3 is 0 Å². The van der Waals surface area contributed by atoms with Gasteiger partial charge in [-0.25, -0.2) is 8.42 Å². The Hall–Kier alpha value is -0.130. The summed E-state index contributed by atoms with van der Waals surface area (Å²) in [5, 5.41) is 0. The van der Waals surface area contributed by atoms with E-state index in [1.807, 2.05) is 0 Å². The highest BCUT2D eigenvalue weighted by atomic mass is 32.2. The van der Waals surface area contributed by atoms with E-state index in [4.69, 9.17) is 5.73 Å². The smallest absolute Gasteiger partial charge is 0.150 e. The van der Waals surface area contributed by atoms with Crippen molar-refractivity contribution < 1.29 is 8.42 Å². The fraction of sp³-hybridized carbons (Fsp3) is 1.00. The van der Waals surface area contributed by atoms with Crippen LogP contribution in [0, 0.1) is 5.92 Å². The zero-order chi connectivity index (χ0) is 13.4. The molecule has 2 aliphatic rings. The molecular formula is C13H26N2O2S. The average molecular weight is 274 g/mol. The Morgan fingerprint density at radius 1 is 1.28 bits per heavy atom.